The summed E-state index contributed by atoms with van der Waals surface area (Å²) in [7, 11) is 1.99. The highest BCUT2D eigenvalue weighted by atomic mass is 127. The molecule has 3 unspecified atom stereocenters. The summed E-state index contributed by atoms with van der Waals surface area (Å²) in [5.74, 6) is 3.00. The van der Waals surface area contributed by atoms with Crippen LogP contribution in [-0.2, 0) is 13.5 Å². The van der Waals surface area contributed by atoms with Crippen LogP contribution >= 0.6 is 24.0 Å². The molecule has 164 valence electrons. The van der Waals surface area contributed by atoms with Gasteiger partial charge in [0.15, 0.2) is 5.96 Å². The van der Waals surface area contributed by atoms with Crippen LogP contribution in [0.2, 0.25) is 0 Å². The number of nitrogens with zero attached hydrogens (tertiary/aromatic N) is 4. The van der Waals surface area contributed by atoms with E-state index in [0.717, 1.165) is 32.0 Å². The zero-order chi connectivity index (χ0) is 20.4. The van der Waals surface area contributed by atoms with E-state index >= 15 is 0 Å². The molecule has 1 N–H and O–H groups in total. The normalized spacial score (nSPS) is 23.6. The summed E-state index contributed by atoms with van der Waals surface area (Å²) in [4.78, 5) is 7.27. The van der Waals surface area contributed by atoms with Gasteiger partial charge in [-0.3, -0.25) is 9.67 Å². The number of likely N-dealkylation sites (tertiary alicyclic amines) is 1. The van der Waals surface area contributed by atoms with Crippen molar-refractivity contribution >= 4 is 29.9 Å². The van der Waals surface area contributed by atoms with Gasteiger partial charge in [0.2, 0.25) is 0 Å². The minimum absolute atomic E-state index is 0. The molecule has 2 aliphatic rings. The highest BCUT2D eigenvalue weighted by molar-refractivity contribution is 14.0. The predicted molar refractivity (Wildman–Crippen MR) is 135 cm³/mol. The second-order valence-corrected chi connectivity index (χ2v) is 9.04. The van der Waals surface area contributed by atoms with Crippen LogP contribution in [0.15, 0.2) is 41.7 Å². The molecule has 2 aromatic rings. The number of aryl methyl sites for hydroxylation is 1. The third-order valence-corrected chi connectivity index (χ3v) is 6.31. The molecular weight excluding hydrogens is 485 g/mol. The molecule has 1 aromatic carbocycles. The number of nitrogens with one attached hydrogen (secondary N) is 1. The van der Waals surface area contributed by atoms with E-state index in [1.54, 1.807) is 0 Å². The third-order valence-electron chi connectivity index (χ3n) is 6.31. The first-order valence-corrected chi connectivity index (χ1v) is 11.2. The molecule has 1 aliphatic heterocycles. The number of hydrogen-bond donors (Lipinski definition) is 1. The van der Waals surface area contributed by atoms with Gasteiger partial charge in [-0.2, -0.15) is 5.10 Å². The standard InChI is InChI=1S/C24H35N5.HI/c1-5-25-24(29-11-10-18(16-29)12-19-14-26-28(4)15-19)27-23-13-22(23)21-8-6-20(7-9-21)17(2)3;/h6-9,14-15,17-18,22-23H,5,10-13,16H2,1-4H3,(H,25,27);1H. The second-order valence-electron chi connectivity index (χ2n) is 9.04. The molecule has 0 spiro atoms. The SMILES string of the molecule is CCN=C(NC1CC1c1ccc(C(C)C)cc1)N1CCC(Cc2cnn(C)c2)C1.I. The first-order chi connectivity index (χ1) is 14.0. The maximum atomic E-state index is 4.81. The lowest BCUT2D eigenvalue weighted by atomic mass is 10.0. The summed E-state index contributed by atoms with van der Waals surface area (Å²) >= 11 is 0. The second kappa shape index (κ2) is 10.2. The van der Waals surface area contributed by atoms with Crippen molar-refractivity contribution in [3.8, 4) is 0 Å². The summed E-state index contributed by atoms with van der Waals surface area (Å²) in [5, 5.41) is 8.08. The molecule has 30 heavy (non-hydrogen) atoms. The Morgan fingerprint density at radius 1 is 1.27 bits per heavy atom. The van der Waals surface area contributed by atoms with Gasteiger partial charge in [0.25, 0.3) is 0 Å². The lowest BCUT2D eigenvalue weighted by molar-refractivity contribution is 0.458. The van der Waals surface area contributed by atoms with Crippen molar-refractivity contribution in [1.29, 1.82) is 0 Å². The monoisotopic (exact) mass is 521 g/mol. The first kappa shape index (κ1) is 23.1. The van der Waals surface area contributed by atoms with Gasteiger partial charge in [-0.25, -0.2) is 0 Å². The summed E-state index contributed by atoms with van der Waals surface area (Å²) < 4.78 is 1.90. The van der Waals surface area contributed by atoms with E-state index < -0.39 is 0 Å². The molecule has 1 aliphatic carbocycles. The Morgan fingerprint density at radius 3 is 2.67 bits per heavy atom. The van der Waals surface area contributed by atoms with Gasteiger partial charge in [0, 0.05) is 44.8 Å². The van der Waals surface area contributed by atoms with Crippen LogP contribution in [-0.4, -0.2) is 46.3 Å². The molecule has 0 radical (unpaired) electrons. The molecule has 2 heterocycles. The van der Waals surface area contributed by atoms with Crippen molar-refractivity contribution in [3.63, 3.8) is 0 Å². The van der Waals surface area contributed by atoms with E-state index in [1.807, 2.05) is 17.9 Å². The molecule has 1 saturated carbocycles. The van der Waals surface area contributed by atoms with E-state index in [-0.39, 0.29) is 24.0 Å². The van der Waals surface area contributed by atoms with Gasteiger partial charge >= 0.3 is 0 Å². The Bertz CT molecular complexity index is 842. The largest absolute Gasteiger partial charge is 0.353 e. The Kier molecular flexibility index (Phi) is 7.82. The van der Waals surface area contributed by atoms with Gasteiger partial charge in [-0.15, -0.1) is 24.0 Å². The minimum Gasteiger partial charge on any atom is -0.353 e. The Morgan fingerprint density at radius 2 is 2.03 bits per heavy atom. The zero-order valence-corrected chi connectivity index (χ0v) is 21.0. The van der Waals surface area contributed by atoms with Crippen molar-refractivity contribution in [3.05, 3.63) is 53.3 Å². The fourth-order valence-electron chi connectivity index (χ4n) is 4.51. The molecule has 2 fully saturated rings. The van der Waals surface area contributed by atoms with Crippen LogP contribution in [0.3, 0.4) is 0 Å². The zero-order valence-electron chi connectivity index (χ0n) is 18.7. The number of benzene rings is 1. The molecule has 6 heteroatoms. The van der Waals surface area contributed by atoms with Crippen LogP contribution in [0.4, 0.5) is 0 Å². The molecule has 0 bridgehead atoms. The van der Waals surface area contributed by atoms with E-state index in [2.05, 4.69) is 66.5 Å². The van der Waals surface area contributed by atoms with Crippen molar-refractivity contribution in [1.82, 2.24) is 20.0 Å². The highest BCUT2D eigenvalue weighted by Crippen LogP contribution is 2.41. The van der Waals surface area contributed by atoms with E-state index in [0.29, 0.717) is 23.8 Å². The van der Waals surface area contributed by atoms with Gasteiger partial charge in [-0.1, -0.05) is 38.1 Å². The quantitative estimate of drug-likeness (QED) is 0.345. The van der Waals surface area contributed by atoms with E-state index in [9.17, 15) is 0 Å². The number of aliphatic imine (C=N–C) groups is 1. The smallest absolute Gasteiger partial charge is 0.194 e. The number of halogens is 1. The minimum atomic E-state index is 0. The van der Waals surface area contributed by atoms with Crippen molar-refractivity contribution in [2.24, 2.45) is 18.0 Å². The van der Waals surface area contributed by atoms with Crippen LogP contribution in [0.25, 0.3) is 0 Å². The summed E-state index contributed by atoms with van der Waals surface area (Å²) in [6.07, 6.45) is 7.68. The Balaban J connectivity index is 0.00000256. The number of aromatic nitrogens is 2. The average Bonchev–Trinajstić information content (AvgIpc) is 3.10. The van der Waals surface area contributed by atoms with Crippen molar-refractivity contribution < 1.29 is 0 Å². The maximum Gasteiger partial charge on any atom is 0.194 e. The van der Waals surface area contributed by atoms with Crippen LogP contribution in [0, 0.1) is 5.92 Å². The fraction of sp³-hybridized carbons (Fsp3) is 0.583. The van der Waals surface area contributed by atoms with Crippen LogP contribution in [0.1, 0.15) is 62.1 Å². The first-order valence-electron chi connectivity index (χ1n) is 11.2. The van der Waals surface area contributed by atoms with Crippen LogP contribution < -0.4 is 5.32 Å². The number of rotatable bonds is 6. The van der Waals surface area contributed by atoms with Gasteiger partial charge < -0.3 is 10.2 Å². The molecule has 0 amide bonds. The van der Waals surface area contributed by atoms with Crippen molar-refractivity contribution in [2.45, 2.75) is 57.9 Å². The van der Waals surface area contributed by atoms with E-state index in [4.69, 9.17) is 4.99 Å². The number of guanidine groups is 1. The summed E-state index contributed by atoms with van der Waals surface area (Å²) in [6, 6.07) is 9.73. The molecule has 3 atom stereocenters. The molecule has 1 saturated heterocycles. The van der Waals surface area contributed by atoms with Gasteiger partial charge in [0.1, 0.15) is 0 Å². The van der Waals surface area contributed by atoms with Gasteiger partial charge in [0.05, 0.1) is 6.20 Å². The average molecular weight is 521 g/mol. The molecule has 1 aromatic heterocycles. The summed E-state index contributed by atoms with van der Waals surface area (Å²) in [6.45, 7) is 9.63. The van der Waals surface area contributed by atoms with Crippen molar-refractivity contribution in [2.75, 3.05) is 19.6 Å². The number of hydrogen-bond acceptors (Lipinski definition) is 2. The maximum absolute atomic E-state index is 4.81. The molecule has 4 rings (SSSR count). The van der Waals surface area contributed by atoms with Gasteiger partial charge in [-0.05, 0) is 54.7 Å². The Hall–Kier alpha value is -1.57. The van der Waals surface area contributed by atoms with E-state index in [1.165, 1.54) is 29.5 Å². The predicted octanol–water partition coefficient (Wildman–Crippen LogP) is 4.55. The Labute approximate surface area is 198 Å². The molecular formula is C24H36IN5. The van der Waals surface area contributed by atoms with Crippen LogP contribution in [0.5, 0.6) is 0 Å². The molecule has 5 nitrogen and oxygen atoms in total. The lowest BCUT2D eigenvalue weighted by Gasteiger charge is -2.22. The highest BCUT2D eigenvalue weighted by Gasteiger charge is 2.40. The topological polar surface area (TPSA) is 45.5 Å². The summed E-state index contributed by atoms with van der Waals surface area (Å²) in [5.41, 5.74) is 4.22. The lowest BCUT2D eigenvalue weighted by Crippen LogP contribution is -2.41. The third kappa shape index (κ3) is 5.56. The fourth-order valence-corrected chi connectivity index (χ4v) is 4.51.